The highest BCUT2D eigenvalue weighted by Gasteiger charge is 2.19. The molecular weight excluding hydrogens is 373 g/mol. The number of amides is 1. The number of hydrogen-bond donors (Lipinski definition) is 2. The summed E-state index contributed by atoms with van der Waals surface area (Å²) in [5, 5.41) is 3.06. The number of anilines is 1. The largest absolute Gasteiger partial charge is 0.354 e. The van der Waals surface area contributed by atoms with Gasteiger partial charge in [-0.2, -0.15) is 0 Å². The highest BCUT2D eigenvalue weighted by atomic mass is 35.5. The van der Waals surface area contributed by atoms with E-state index in [9.17, 15) is 4.79 Å². The molecule has 1 unspecified atom stereocenters. The number of nitrogens with one attached hydrogen (secondary N) is 1. The predicted octanol–water partition coefficient (Wildman–Crippen LogP) is 1.93. The number of rotatable bonds is 8. The molecule has 0 aromatic carbocycles. The Morgan fingerprint density at radius 2 is 1.92 bits per heavy atom. The lowest BCUT2D eigenvalue weighted by molar-refractivity contribution is -0.122. The van der Waals surface area contributed by atoms with Crippen LogP contribution in [0.25, 0.3) is 0 Å². The van der Waals surface area contributed by atoms with Crippen molar-refractivity contribution in [3.63, 3.8) is 0 Å². The number of aromatic nitrogens is 1. The van der Waals surface area contributed by atoms with Crippen LogP contribution < -0.4 is 16.0 Å². The molecule has 26 heavy (non-hydrogen) atoms. The van der Waals surface area contributed by atoms with Gasteiger partial charge in [0.05, 0.1) is 0 Å². The Hall–Kier alpha value is -1.08. The third kappa shape index (κ3) is 8.54. The van der Waals surface area contributed by atoms with Crippen molar-refractivity contribution >= 4 is 36.5 Å². The van der Waals surface area contributed by atoms with Gasteiger partial charge < -0.3 is 16.0 Å². The highest BCUT2D eigenvalue weighted by molar-refractivity contribution is 5.85. The summed E-state index contributed by atoms with van der Waals surface area (Å²) in [7, 11) is 0. The van der Waals surface area contributed by atoms with Gasteiger partial charge in [0.25, 0.3) is 0 Å². The number of carbonyl (C=O) groups is 1. The van der Waals surface area contributed by atoms with Crippen LogP contribution in [0.2, 0.25) is 0 Å². The first-order chi connectivity index (χ1) is 11.6. The Labute approximate surface area is 169 Å². The van der Waals surface area contributed by atoms with E-state index in [-0.39, 0.29) is 36.8 Å². The second-order valence-electron chi connectivity index (χ2n) is 6.90. The van der Waals surface area contributed by atoms with Gasteiger partial charge in [-0.05, 0) is 24.5 Å². The number of hydrogen-bond acceptors (Lipinski definition) is 5. The van der Waals surface area contributed by atoms with Crippen molar-refractivity contribution in [2.75, 3.05) is 44.2 Å². The van der Waals surface area contributed by atoms with E-state index < -0.39 is 0 Å². The number of nitrogens with two attached hydrogens (primary N) is 1. The van der Waals surface area contributed by atoms with Gasteiger partial charge >= 0.3 is 0 Å². The van der Waals surface area contributed by atoms with E-state index in [1.54, 1.807) is 0 Å². The maximum absolute atomic E-state index is 12.1. The van der Waals surface area contributed by atoms with Crippen LogP contribution in [0.1, 0.15) is 26.7 Å². The molecule has 1 aliphatic heterocycles. The zero-order valence-corrected chi connectivity index (χ0v) is 17.4. The van der Waals surface area contributed by atoms with Crippen molar-refractivity contribution in [3.8, 4) is 0 Å². The van der Waals surface area contributed by atoms with Crippen LogP contribution in [0.4, 0.5) is 5.82 Å². The molecule has 0 radical (unpaired) electrons. The Morgan fingerprint density at radius 3 is 2.46 bits per heavy atom. The third-order valence-electron chi connectivity index (χ3n) is 4.41. The standard InChI is InChI=1S/C18H31N5O.2ClH/c1-15(2)13-16(14-19)21-18(24)6-8-22-9-11-23(12-10-22)17-5-3-4-7-20-17;;/h3-5,7,15-16H,6,8-14,19H2,1-2H3,(H,21,24);2*1H. The van der Waals surface area contributed by atoms with E-state index in [2.05, 4.69) is 33.9 Å². The normalized spacial score (nSPS) is 15.8. The minimum atomic E-state index is 0. The molecule has 1 aromatic rings. The fourth-order valence-corrected chi connectivity index (χ4v) is 3.08. The molecule has 2 rings (SSSR count). The van der Waals surface area contributed by atoms with Gasteiger partial charge in [-0.15, -0.1) is 24.8 Å². The maximum Gasteiger partial charge on any atom is 0.221 e. The second-order valence-corrected chi connectivity index (χ2v) is 6.90. The van der Waals surface area contributed by atoms with E-state index in [1.807, 2.05) is 24.4 Å². The lowest BCUT2D eigenvalue weighted by Crippen LogP contribution is -2.48. The van der Waals surface area contributed by atoms with Crippen LogP contribution in [-0.4, -0.2) is 61.1 Å². The minimum absolute atomic E-state index is 0. The fraction of sp³-hybridized carbons (Fsp3) is 0.667. The Morgan fingerprint density at radius 1 is 1.23 bits per heavy atom. The van der Waals surface area contributed by atoms with Crippen molar-refractivity contribution in [1.82, 2.24) is 15.2 Å². The predicted molar refractivity (Wildman–Crippen MR) is 112 cm³/mol. The molecule has 0 spiro atoms. The van der Waals surface area contributed by atoms with Crippen molar-refractivity contribution in [1.29, 1.82) is 0 Å². The van der Waals surface area contributed by atoms with Crippen LogP contribution >= 0.6 is 24.8 Å². The summed E-state index contributed by atoms with van der Waals surface area (Å²) < 4.78 is 0. The summed E-state index contributed by atoms with van der Waals surface area (Å²) in [5.74, 6) is 1.69. The molecule has 3 N–H and O–H groups in total. The quantitative estimate of drug-likeness (QED) is 0.690. The molecule has 0 aliphatic carbocycles. The van der Waals surface area contributed by atoms with Crippen LogP contribution in [0.15, 0.2) is 24.4 Å². The van der Waals surface area contributed by atoms with Crippen LogP contribution in [-0.2, 0) is 4.79 Å². The molecule has 150 valence electrons. The van der Waals surface area contributed by atoms with Crippen LogP contribution in [0.3, 0.4) is 0 Å². The zero-order chi connectivity index (χ0) is 17.4. The molecule has 1 atom stereocenters. The van der Waals surface area contributed by atoms with Gasteiger partial charge in [-0.3, -0.25) is 9.69 Å². The molecule has 0 saturated carbocycles. The van der Waals surface area contributed by atoms with Crippen molar-refractivity contribution < 1.29 is 4.79 Å². The number of pyridine rings is 1. The van der Waals surface area contributed by atoms with Crippen molar-refractivity contribution in [2.24, 2.45) is 11.7 Å². The Bertz CT molecular complexity index is 496. The third-order valence-corrected chi connectivity index (χ3v) is 4.41. The molecule has 1 amide bonds. The van der Waals surface area contributed by atoms with Gasteiger partial charge in [-0.25, -0.2) is 4.98 Å². The lowest BCUT2D eigenvalue weighted by Gasteiger charge is -2.35. The van der Waals surface area contributed by atoms with E-state index in [0.29, 0.717) is 18.9 Å². The minimum Gasteiger partial charge on any atom is -0.354 e. The average molecular weight is 406 g/mol. The summed E-state index contributed by atoms with van der Waals surface area (Å²) in [5.41, 5.74) is 5.74. The molecule has 0 bridgehead atoms. The van der Waals surface area contributed by atoms with Gasteiger partial charge in [0.1, 0.15) is 5.82 Å². The Kier molecular flexibility index (Phi) is 12.6. The van der Waals surface area contributed by atoms with E-state index in [1.165, 1.54) is 0 Å². The topological polar surface area (TPSA) is 74.5 Å². The molecule has 2 heterocycles. The summed E-state index contributed by atoms with van der Waals surface area (Å²) in [6.07, 6.45) is 3.31. The number of halogens is 2. The van der Waals surface area contributed by atoms with Crippen LogP contribution in [0.5, 0.6) is 0 Å². The first-order valence-electron chi connectivity index (χ1n) is 8.96. The second kappa shape index (κ2) is 13.1. The fourth-order valence-electron chi connectivity index (χ4n) is 3.08. The summed E-state index contributed by atoms with van der Waals surface area (Å²) in [6.45, 7) is 9.46. The first kappa shape index (κ1) is 24.9. The molecule has 6 nitrogen and oxygen atoms in total. The number of carbonyl (C=O) groups excluding carboxylic acids is 1. The summed E-state index contributed by atoms with van der Waals surface area (Å²) in [4.78, 5) is 21.1. The molecule has 1 saturated heterocycles. The smallest absolute Gasteiger partial charge is 0.221 e. The molecule has 1 aliphatic rings. The van der Waals surface area contributed by atoms with E-state index >= 15 is 0 Å². The molecule has 8 heteroatoms. The van der Waals surface area contributed by atoms with E-state index in [4.69, 9.17) is 5.73 Å². The lowest BCUT2D eigenvalue weighted by atomic mass is 10.0. The summed E-state index contributed by atoms with van der Waals surface area (Å²) >= 11 is 0. The number of piperazine rings is 1. The average Bonchev–Trinajstić information content (AvgIpc) is 2.60. The monoisotopic (exact) mass is 405 g/mol. The molecule has 1 aromatic heterocycles. The van der Waals surface area contributed by atoms with Gasteiger partial charge in [-0.1, -0.05) is 19.9 Å². The maximum atomic E-state index is 12.1. The van der Waals surface area contributed by atoms with Gasteiger partial charge in [0.15, 0.2) is 0 Å². The first-order valence-corrected chi connectivity index (χ1v) is 8.96. The molecule has 1 fully saturated rings. The summed E-state index contributed by atoms with van der Waals surface area (Å²) in [6, 6.07) is 6.10. The van der Waals surface area contributed by atoms with Gasteiger partial charge in [0, 0.05) is 57.9 Å². The highest BCUT2D eigenvalue weighted by Crippen LogP contribution is 2.12. The van der Waals surface area contributed by atoms with Crippen molar-refractivity contribution in [2.45, 2.75) is 32.7 Å². The van der Waals surface area contributed by atoms with E-state index in [0.717, 1.165) is 45.0 Å². The SMILES string of the molecule is CC(C)CC(CN)NC(=O)CCN1CCN(c2ccccn2)CC1.Cl.Cl. The zero-order valence-electron chi connectivity index (χ0n) is 15.8. The molecular formula is C18H33Cl2N5O. The van der Waals surface area contributed by atoms with Crippen LogP contribution in [0, 0.1) is 5.92 Å². The van der Waals surface area contributed by atoms with Gasteiger partial charge in [0.2, 0.25) is 5.91 Å². The number of nitrogens with zero attached hydrogens (tertiary/aromatic N) is 3. The van der Waals surface area contributed by atoms with Crippen molar-refractivity contribution in [3.05, 3.63) is 24.4 Å². The Balaban J connectivity index is 0.00000312.